The molecule has 2 atom stereocenters. The summed E-state index contributed by atoms with van der Waals surface area (Å²) in [5.74, 6) is 0. The Bertz CT molecular complexity index is 592. The minimum Gasteiger partial charge on any atom is -0.373 e. The Hall–Kier alpha value is -1.81. The number of benzene rings is 1. The number of carbonyl (C=O) groups excluding carboxylic acids is 1. The van der Waals surface area contributed by atoms with Crippen LogP contribution in [0.15, 0.2) is 18.2 Å². The number of rotatable bonds is 4. The van der Waals surface area contributed by atoms with Crippen molar-refractivity contribution < 1.29 is 9.53 Å². The van der Waals surface area contributed by atoms with E-state index >= 15 is 0 Å². The van der Waals surface area contributed by atoms with E-state index in [1.165, 1.54) is 0 Å². The van der Waals surface area contributed by atoms with Gasteiger partial charge in [0.25, 0.3) is 0 Å². The molecule has 2 N–H and O–H groups in total. The minimum absolute atomic E-state index is 0.216. The van der Waals surface area contributed by atoms with Crippen LogP contribution < -0.4 is 10.6 Å². The largest absolute Gasteiger partial charge is 0.373 e. The Morgan fingerprint density at radius 3 is 2.74 bits per heavy atom. The van der Waals surface area contributed by atoms with E-state index in [2.05, 4.69) is 29.4 Å². The van der Waals surface area contributed by atoms with Crippen LogP contribution in [0.3, 0.4) is 0 Å². The lowest BCUT2D eigenvalue weighted by Gasteiger charge is -2.35. The summed E-state index contributed by atoms with van der Waals surface area (Å²) in [5.41, 5.74) is 0.938. The number of morpholine rings is 1. The Morgan fingerprint density at radius 2 is 2.13 bits per heavy atom. The summed E-state index contributed by atoms with van der Waals surface area (Å²) in [6, 6.07) is 6.47. The summed E-state index contributed by atoms with van der Waals surface area (Å²) >= 11 is 5.93. The van der Waals surface area contributed by atoms with E-state index in [4.69, 9.17) is 21.6 Å². The normalized spacial score (nSPS) is 21.5. The number of carbonyl (C=O) groups is 1. The zero-order valence-electron chi connectivity index (χ0n) is 13.3. The van der Waals surface area contributed by atoms with Gasteiger partial charge in [-0.1, -0.05) is 11.6 Å². The minimum atomic E-state index is -0.292. The Morgan fingerprint density at radius 1 is 1.43 bits per heavy atom. The van der Waals surface area contributed by atoms with Crippen molar-refractivity contribution in [3.05, 3.63) is 28.8 Å². The molecule has 1 aliphatic heterocycles. The second-order valence-corrected chi connectivity index (χ2v) is 6.11. The Kier molecular flexibility index (Phi) is 6.22. The number of hydrogen-bond donors (Lipinski definition) is 2. The van der Waals surface area contributed by atoms with Crippen molar-refractivity contribution in [1.29, 1.82) is 5.26 Å². The molecule has 1 aromatic rings. The molecule has 0 aromatic heterocycles. The van der Waals surface area contributed by atoms with Crippen molar-refractivity contribution >= 4 is 23.3 Å². The van der Waals surface area contributed by atoms with Crippen LogP contribution in [0.4, 0.5) is 10.5 Å². The summed E-state index contributed by atoms with van der Waals surface area (Å²) in [6.45, 7) is 7.18. The SMILES string of the molecule is C[C@H]1CN(CCNC(=O)Nc2ccc(C#N)c(Cl)c2)C[C@H](C)O1. The monoisotopic (exact) mass is 336 g/mol. The maximum Gasteiger partial charge on any atom is 0.319 e. The number of anilines is 1. The van der Waals surface area contributed by atoms with Gasteiger partial charge in [0.15, 0.2) is 0 Å². The van der Waals surface area contributed by atoms with Crippen LogP contribution in [0, 0.1) is 11.3 Å². The highest BCUT2D eigenvalue weighted by molar-refractivity contribution is 6.32. The van der Waals surface area contributed by atoms with E-state index in [-0.39, 0.29) is 18.2 Å². The van der Waals surface area contributed by atoms with E-state index in [9.17, 15) is 4.79 Å². The molecule has 1 fully saturated rings. The first-order valence-electron chi connectivity index (χ1n) is 7.60. The summed E-state index contributed by atoms with van der Waals surface area (Å²) in [6.07, 6.45) is 0.432. The third-order valence-electron chi connectivity index (χ3n) is 3.56. The lowest BCUT2D eigenvalue weighted by molar-refractivity contribution is -0.0672. The van der Waals surface area contributed by atoms with Crippen LogP contribution in [0.5, 0.6) is 0 Å². The highest BCUT2D eigenvalue weighted by atomic mass is 35.5. The maximum atomic E-state index is 11.9. The lowest BCUT2D eigenvalue weighted by Crippen LogP contribution is -2.48. The molecule has 124 valence electrons. The van der Waals surface area contributed by atoms with Crippen LogP contribution in [0.2, 0.25) is 5.02 Å². The molecule has 2 amide bonds. The molecule has 6 nitrogen and oxygen atoms in total. The number of amides is 2. The zero-order chi connectivity index (χ0) is 16.8. The van der Waals surface area contributed by atoms with Crippen LogP contribution in [0.25, 0.3) is 0 Å². The third-order valence-corrected chi connectivity index (χ3v) is 3.87. The highest BCUT2D eigenvalue weighted by Gasteiger charge is 2.21. The second-order valence-electron chi connectivity index (χ2n) is 5.70. The average molecular weight is 337 g/mol. The number of nitrogens with zero attached hydrogens (tertiary/aromatic N) is 2. The fourth-order valence-electron chi connectivity index (χ4n) is 2.65. The van der Waals surface area contributed by atoms with Gasteiger partial charge in [0, 0.05) is 31.9 Å². The molecule has 0 spiro atoms. The molecule has 0 saturated carbocycles. The summed E-state index contributed by atoms with van der Waals surface area (Å²) in [4.78, 5) is 14.2. The van der Waals surface area contributed by atoms with E-state index in [0.717, 1.165) is 19.6 Å². The second kappa shape index (κ2) is 8.16. The maximum absolute atomic E-state index is 11.9. The van der Waals surface area contributed by atoms with Gasteiger partial charge in [0.2, 0.25) is 0 Å². The molecule has 0 unspecified atom stereocenters. The smallest absolute Gasteiger partial charge is 0.319 e. The number of nitriles is 1. The molecule has 1 heterocycles. The molecule has 0 bridgehead atoms. The topological polar surface area (TPSA) is 77.4 Å². The molecular formula is C16H21ClN4O2. The van der Waals surface area contributed by atoms with Crippen LogP contribution in [0.1, 0.15) is 19.4 Å². The van der Waals surface area contributed by atoms with Gasteiger partial charge in [-0.2, -0.15) is 5.26 Å². The summed E-state index contributed by atoms with van der Waals surface area (Å²) in [5, 5.41) is 14.7. The first kappa shape index (κ1) is 17.5. The predicted molar refractivity (Wildman–Crippen MR) is 89.6 cm³/mol. The zero-order valence-corrected chi connectivity index (χ0v) is 14.1. The number of ether oxygens (including phenoxy) is 1. The van der Waals surface area contributed by atoms with Gasteiger partial charge in [-0.05, 0) is 32.0 Å². The van der Waals surface area contributed by atoms with Gasteiger partial charge in [-0.15, -0.1) is 0 Å². The molecular weight excluding hydrogens is 316 g/mol. The average Bonchev–Trinajstić information content (AvgIpc) is 2.46. The molecule has 1 saturated heterocycles. The van der Waals surface area contributed by atoms with Crippen molar-refractivity contribution in [3.8, 4) is 6.07 Å². The first-order chi connectivity index (χ1) is 11.0. The number of hydrogen-bond acceptors (Lipinski definition) is 4. The van der Waals surface area contributed by atoms with E-state index in [0.29, 0.717) is 22.8 Å². The number of halogens is 1. The molecule has 1 aromatic carbocycles. The summed E-state index contributed by atoms with van der Waals surface area (Å²) in [7, 11) is 0. The van der Waals surface area contributed by atoms with Crippen molar-refractivity contribution in [2.75, 3.05) is 31.5 Å². The van der Waals surface area contributed by atoms with Gasteiger partial charge in [0.1, 0.15) is 6.07 Å². The Balaban J connectivity index is 1.75. The quantitative estimate of drug-likeness (QED) is 0.885. The lowest BCUT2D eigenvalue weighted by atomic mass is 10.2. The van der Waals surface area contributed by atoms with Crippen molar-refractivity contribution in [2.45, 2.75) is 26.1 Å². The van der Waals surface area contributed by atoms with Crippen LogP contribution in [-0.4, -0.2) is 49.3 Å². The van der Waals surface area contributed by atoms with Gasteiger partial charge in [-0.3, -0.25) is 4.90 Å². The highest BCUT2D eigenvalue weighted by Crippen LogP contribution is 2.20. The van der Waals surface area contributed by atoms with Crippen LogP contribution in [-0.2, 0) is 4.74 Å². The van der Waals surface area contributed by atoms with Crippen molar-refractivity contribution in [1.82, 2.24) is 10.2 Å². The fraction of sp³-hybridized carbons (Fsp3) is 0.500. The molecule has 23 heavy (non-hydrogen) atoms. The third kappa shape index (κ3) is 5.39. The van der Waals surface area contributed by atoms with E-state index < -0.39 is 0 Å². The first-order valence-corrected chi connectivity index (χ1v) is 7.98. The van der Waals surface area contributed by atoms with Crippen molar-refractivity contribution in [2.24, 2.45) is 0 Å². The van der Waals surface area contributed by atoms with Gasteiger partial charge >= 0.3 is 6.03 Å². The molecule has 0 radical (unpaired) electrons. The number of nitrogens with one attached hydrogen (secondary N) is 2. The van der Waals surface area contributed by atoms with Gasteiger partial charge in [0.05, 0.1) is 22.8 Å². The number of urea groups is 1. The summed E-state index contributed by atoms with van der Waals surface area (Å²) < 4.78 is 5.68. The standard InChI is InChI=1S/C16H21ClN4O2/c1-11-9-21(10-12(2)23-11)6-5-19-16(22)20-14-4-3-13(8-18)15(17)7-14/h3-4,7,11-12H,5-6,9-10H2,1-2H3,(H2,19,20,22)/t11-,12-/m0/s1. The molecule has 1 aliphatic rings. The van der Waals surface area contributed by atoms with E-state index in [1.807, 2.05) is 6.07 Å². The molecule has 0 aliphatic carbocycles. The van der Waals surface area contributed by atoms with Gasteiger partial charge in [-0.25, -0.2) is 4.79 Å². The van der Waals surface area contributed by atoms with Crippen LogP contribution >= 0.6 is 11.6 Å². The predicted octanol–water partition coefficient (Wildman–Crippen LogP) is 2.44. The molecule has 7 heteroatoms. The fourth-order valence-corrected chi connectivity index (χ4v) is 2.88. The molecule has 2 rings (SSSR count). The van der Waals surface area contributed by atoms with Crippen molar-refractivity contribution in [3.63, 3.8) is 0 Å². The van der Waals surface area contributed by atoms with E-state index in [1.54, 1.807) is 18.2 Å². The Labute approximate surface area is 141 Å². The van der Waals surface area contributed by atoms with Gasteiger partial charge < -0.3 is 15.4 Å².